The van der Waals surface area contributed by atoms with Gasteiger partial charge in [-0.15, -0.1) is 0 Å². The zero-order valence-electron chi connectivity index (χ0n) is 14.4. The molecule has 3 atom stereocenters. The van der Waals surface area contributed by atoms with E-state index < -0.39 is 47.6 Å². The van der Waals surface area contributed by atoms with E-state index in [1.54, 1.807) is 0 Å². The number of halogens is 3. The molecule has 148 valence electrons. The fourth-order valence-electron chi connectivity index (χ4n) is 2.85. The Morgan fingerprint density at radius 1 is 1.26 bits per heavy atom. The molecule has 7 nitrogen and oxygen atoms in total. The second-order valence-corrected chi connectivity index (χ2v) is 6.19. The molecule has 1 saturated carbocycles. The van der Waals surface area contributed by atoms with E-state index >= 15 is 0 Å². The number of hydrogen-bond donors (Lipinski definition) is 3. The van der Waals surface area contributed by atoms with Crippen LogP contribution in [0.5, 0.6) is 0 Å². The van der Waals surface area contributed by atoms with Crippen LogP contribution in [0.15, 0.2) is 24.3 Å². The normalized spacial score (nSPS) is 22.2. The van der Waals surface area contributed by atoms with E-state index in [0.29, 0.717) is 0 Å². The zero-order valence-corrected chi connectivity index (χ0v) is 14.4. The quantitative estimate of drug-likeness (QED) is 0.649. The molecule has 1 aromatic carbocycles. The molecule has 0 bridgehead atoms. The third-order valence-electron chi connectivity index (χ3n) is 4.30. The van der Waals surface area contributed by atoms with Crippen LogP contribution in [0.2, 0.25) is 0 Å². The van der Waals surface area contributed by atoms with E-state index in [2.05, 4.69) is 15.4 Å². The van der Waals surface area contributed by atoms with Gasteiger partial charge in [-0.1, -0.05) is 6.07 Å². The Balaban J connectivity index is 1.96. The van der Waals surface area contributed by atoms with Gasteiger partial charge in [0.2, 0.25) is 5.91 Å². The van der Waals surface area contributed by atoms with Crippen molar-refractivity contribution in [3.63, 3.8) is 0 Å². The molecular weight excluding hydrogens is 369 g/mol. The second kappa shape index (κ2) is 8.38. The maximum Gasteiger partial charge on any atom is 0.416 e. The summed E-state index contributed by atoms with van der Waals surface area (Å²) in [5, 5.41) is 14.9. The molecular formula is C17H19F3N2O5. The fourth-order valence-corrected chi connectivity index (χ4v) is 2.85. The van der Waals surface area contributed by atoms with Crippen molar-refractivity contribution in [2.45, 2.75) is 31.2 Å². The molecule has 0 spiro atoms. The average molecular weight is 388 g/mol. The number of carbonyl (C=O) groups is 3. The van der Waals surface area contributed by atoms with Crippen LogP contribution in [-0.2, 0) is 20.5 Å². The first-order chi connectivity index (χ1) is 12.6. The topological polar surface area (TPSA) is 105 Å². The largest absolute Gasteiger partial charge is 0.468 e. The van der Waals surface area contributed by atoms with Crippen LogP contribution in [0.1, 0.15) is 28.8 Å². The van der Waals surface area contributed by atoms with Crippen molar-refractivity contribution in [1.29, 1.82) is 0 Å². The summed E-state index contributed by atoms with van der Waals surface area (Å²) in [5.41, 5.74) is -1.15. The molecule has 2 amide bonds. The monoisotopic (exact) mass is 388 g/mol. The molecule has 10 heteroatoms. The number of ether oxygens (including phenoxy) is 1. The number of rotatable bonds is 5. The van der Waals surface area contributed by atoms with Crippen molar-refractivity contribution < 1.29 is 37.4 Å². The van der Waals surface area contributed by atoms with Crippen molar-refractivity contribution in [2.24, 2.45) is 5.92 Å². The highest BCUT2D eigenvalue weighted by molar-refractivity contribution is 5.94. The Kier molecular flexibility index (Phi) is 6.42. The summed E-state index contributed by atoms with van der Waals surface area (Å²) in [5.74, 6) is -2.52. The van der Waals surface area contributed by atoms with Crippen molar-refractivity contribution in [1.82, 2.24) is 10.6 Å². The molecule has 0 heterocycles. The van der Waals surface area contributed by atoms with E-state index in [4.69, 9.17) is 0 Å². The number of carbonyl (C=O) groups excluding carboxylic acids is 3. The van der Waals surface area contributed by atoms with Crippen molar-refractivity contribution >= 4 is 17.8 Å². The first-order valence-electron chi connectivity index (χ1n) is 8.12. The Bertz CT molecular complexity index is 723. The number of aliphatic hydroxyl groups is 1. The second-order valence-electron chi connectivity index (χ2n) is 6.19. The Hall–Kier alpha value is -2.62. The third-order valence-corrected chi connectivity index (χ3v) is 4.30. The lowest BCUT2D eigenvalue weighted by Crippen LogP contribution is -2.40. The number of hydrogen-bond acceptors (Lipinski definition) is 5. The highest BCUT2D eigenvalue weighted by atomic mass is 19.4. The van der Waals surface area contributed by atoms with Gasteiger partial charge in [0.05, 0.1) is 24.8 Å². The van der Waals surface area contributed by atoms with E-state index in [1.165, 1.54) is 13.2 Å². The number of esters is 1. The summed E-state index contributed by atoms with van der Waals surface area (Å²) in [6, 6.07) is 3.12. The summed E-state index contributed by atoms with van der Waals surface area (Å²) in [4.78, 5) is 35.2. The molecule has 1 fully saturated rings. The van der Waals surface area contributed by atoms with E-state index in [-0.39, 0.29) is 24.9 Å². The standard InChI is InChI=1S/C17H19F3N2O5/c1-27-14(24)8-21-15(25)10-6-12(13(23)7-10)22-16(26)9-3-2-4-11(5-9)17(18,19)20/h2-5,10,12-13,23H,6-8H2,1H3,(H,21,25)(H,22,26)/t10-,12+,13+/m0/s1. The van der Waals surface area contributed by atoms with Gasteiger partial charge in [0.15, 0.2) is 0 Å². The SMILES string of the molecule is COC(=O)CNC(=O)[C@@H]1C[C@@H](O)[C@H](NC(=O)c2cccc(C(F)(F)F)c2)C1. The highest BCUT2D eigenvalue weighted by Crippen LogP contribution is 2.30. The Morgan fingerprint density at radius 3 is 2.59 bits per heavy atom. The van der Waals surface area contributed by atoms with E-state index in [0.717, 1.165) is 18.2 Å². The van der Waals surface area contributed by atoms with Crippen LogP contribution in [-0.4, -0.2) is 48.7 Å². The summed E-state index contributed by atoms with van der Waals surface area (Å²) >= 11 is 0. The maximum absolute atomic E-state index is 12.7. The minimum Gasteiger partial charge on any atom is -0.468 e. The molecule has 0 unspecified atom stereocenters. The minimum absolute atomic E-state index is 0.0561. The lowest BCUT2D eigenvalue weighted by atomic mass is 10.1. The molecule has 1 aliphatic rings. The van der Waals surface area contributed by atoms with Crippen molar-refractivity contribution in [2.75, 3.05) is 13.7 Å². The number of benzene rings is 1. The number of amides is 2. The summed E-state index contributed by atoms with van der Waals surface area (Å²) in [6.07, 6.45) is -5.46. The summed E-state index contributed by atoms with van der Waals surface area (Å²) in [7, 11) is 1.17. The molecule has 0 aromatic heterocycles. The third kappa shape index (κ3) is 5.43. The van der Waals surface area contributed by atoms with Crippen LogP contribution in [0.3, 0.4) is 0 Å². The Labute approximate surface area is 152 Å². The lowest BCUT2D eigenvalue weighted by Gasteiger charge is -2.17. The van der Waals surface area contributed by atoms with Crippen LogP contribution < -0.4 is 10.6 Å². The van der Waals surface area contributed by atoms with Gasteiger partial charge in [-0.25, -0.2) is 0 Å². The molecule has 1 aromatic rings. The van der Waals surface area contributed by atoms with Gasteiger partial charge in [0.1, 0.15) is 6.54 Å². The molecule has 0 aliphatic heterocycles. The van der Waals surface area contributed by atoms with Crippen molar-refractivity contribution in [3.05, 3.63) is 35.4 Å². The van der Waals surface area contributed by atoms with E-state index in [9.17, 15) is 32.7 Å². The van der Waals surface area contributed by atoms with Gasteiger partial charge in [0.25, 0.3) is 5.91 Å². The Morgan fingerprint density at radius 2 is 1.96 bits per heavy atom. The predicted octanol–water partition coefficient (Wildman–Crippen LogP) is 0.864. The highest BCUT2D eigenvalue weighted by Gasteiger charge is 2.38. The first kappa shape index (κ1) is 20.7. The summed E-state index contributed by atoms with van der Waals surface area (Å²) in [6.45, 7) is -0.316. The smallest absolute Gasteiger partial charge is 0.416 e. The fraction of sp³-hybridized carbons (Fsp3) is 0.471. The van der Waals surface area contributed by atoms with Gasteiger partial charge >= 0.3 is 12.1 Å². The first-order valence-corrected chi connectivity index (χ1v) is 8.12. The van der Waals surface area contributed by atoms with Gasteiger partial charge in [-0.3, -0.25) is 14.4 Å². The van der Waals surface area contributed by atoms with Crippen LogP contribution in [0.4, 0.5) is 13.2 Å². The molecule has 1 aliphatic carbocycles. The van der Waals surface area contributed by atoms with Crippen LogP contribution in [0, 0.1) is 5.92 Å². The van der Waals surface area contributed by atoms with Gasteiger partial charge in [0, 0.05) is 11.5 Å². The van der Waals surface area contributed by atoms with Gasteiger partial charge in [-0.05, 0) is 31.0 Å². The lowest BCUT2D eigenvalue weighted by molar-refractivity contribution is -0.141. The molecule has 0 radical (unpaired) electrons. The zero-order chi connectivity index (χ0) is 20.2. The van der Waals surface area contributed by atoms with Gasteiger partial charge in [-0.2, -0.15) is 13.2 Å². The predicted molar refractivity (Wildman–Crippen MR) is 86.5 cm³/mol. The molecule has 0 saturated heterocycles. The van der Waals surface area contributed by atoms with Crippen LogP contribution >= 0.6 is 0 Å². The number of alkyl halides is 3. The van der Waals surface area contributed by atoms with Gasteiger partial charge < -0.3 is 20.5 Å². The number of nitrogens with one attached hydrogen (secondary N) is 2. The van der Waals surface area contributed by atoms with Crippen LogP contribution in [0.25, 0.3) is 0 Å². The number of methoxy groups -OCH3 is 1. The number of aliphatic hydroxyl groups excluding tert-OH is 1. The van der Waals surface area contributed by atoms with E-state index in [1.807, 2.05) is 0 Å². The molecule has 2 rings (SSSR count). The van der Waals surface area contributed by atoms with Crippen molar-refractivity contribution in [3.8, 4) is 0 Å². The molecule has 3 N–H and O–H groups in total. The average Bonchev–Trinajstić information content (AvgIpc) is 2.99. The molecule has 27 heavy (non-hydrogen) atoms. The summed E-state index contributed by atoms with van der Waals surface area (Å²) < 4.78 is 42.6. The maximum atomic E-state index is 12.7. The minimum atomic E-state index is -4.58.